The smallest absolute Gasteiger partial charge is 0.219 e. The number of nitrogens with zero attached hydrogens (tertiary/aromatic N) is 2. The molecule has 0 radical (unpaired) electrons. The summed E-state index contributed by atoms with van der Waals surface area (Å²) in [4.78, 5) is 13.2. The molecule has 4 nitrogen and oxygen atoms in total. The average molecular weight is 211 g/mol. The summed E-state index contributed by atoms with van der Waals surface area (Å²) >= 11 is 0. The summed E-state index contributed by atoms with van der Waals surface area (Å²) in [5, 5.41) is 11.1. The minimum Gasteiger partial charge on any atom is -0.359 e. The molecule has 0 fully saturated rings. The molecular formula is C11H21N3O. The van der Waals surface area contributed by atoms with Crippen molar-refractivity contribution in [3.05, 3.63) is 0 Å². The van der Waals surface area contributed by atoms with E-state index < -0.39 is 0 Å². The van der Waals surface area contributed by atoms with Crippen molar-refractivity contribution in [2.45, 2.75) is 39.2 Å². The first-order valence-electron chi connectivity index (χ1n) is 5.43. The molecule has 0 aliphatic rings. The van der Waals surface area contributed by atoms with Crippen molar-refractivity contribution < 1.29 is 4.79 Å². The van der Waals surface area contributed by atoms with E-state index in [4.69, 9.17) is 5.26 Å². The zero-order chi connectivity index (χ0) is 11.7. The molecule has 15 heavy (non-hydrogen) atoms. The molecule has 0 heterocycles. The lowest BCUT2D eigenvalue weighted by atomic mass is 10.2. The summed E-state index contributed by atoms with van der Waals surface area (Å²) in [5.74, 6) is 0.0824. The summed E-state index contributed by atoms with van der Waals surface area (Å²) in [7, 11) is 1.65. The van der Waals surface area contributed by atoms with Gasteiger partial charge in [0.25, 0.3) is 0 Å². The summed E-state index contributed by atoms with van der Waals surface area (Å²) in [6.45, 7) is 5.89. The van der Waals surface area contributed by atoms with E-state index in [9.17, 15) is 4.79 Å². The Hall–Kier alpha value is -1.08. The van der Waals surface area contributed by atoms with Crippen LogP contribution in [0.1, 0.15) is 33.1 Å². The number of hydrogen-bond donors (Lipinski definition) is 1. The van der Waals surface area contributed by atoms with Crippen LogP contribution in [0, 0.1) is 11.3 Å². The van der Waals surface area contributed by atoms with Crippen LogP contribution in [0.3, 0.4) is 0 Å². The number of nitriles is 1. The Labute approximate surface area is 92.3 Å². The zero-order valence-electron chi connectivity index (χ0n) is 9.92. The van der Waals surface area contributed by atoms with Crippen LogP contribution in [0.2, 0.25) is 0 Å². The van der Waals surface area contributed by atoms with Crippen LogP contribution in [0.25, 0.3) is 0 Å². The lowest BCUT2D eigenvalue weighted by Crippen LogP contribution is -2.33. The van der Waals surface area contributed by atoms with E-state index in [1.54, 1.807) is 7.05 Å². The maximum absolute atomic E-state index is 11.0. The molecule has 0 atom stereocenters. The highest BCUT2D eigenvalue weighted by Crippen LogP contribution is 2.02. The first-order valence-corrected chi connectivity index (χ1v) is 5.43. The summed E-state index contributed by atoms with van der Waals surface area (Å²) in [5.41, 5.74) is 0. The number of amides is 1. The van der Waals surface area contributed by atoms with Crippen LogP contribution in [-0.4, -0.2) is 37.0 Å². The maximum Gasteiger partial charge on any atom is 0.219 e. The van der Waals surface area contributed by atoms with Crippen LogP contribution in [0.5, 0.6) is 0 Å². The molecule has 0 saturated heterocycles. The molecule has 0 aliphatic heterocycles. The standard InChI is InChI=1S/C11H21N3O/c1-10(2)14(9-5-7-12)8-4-6-11(15)13-3/h10H,4-6,8-9H2,1-3H3,(H,13,15). The van der Waals surface area contributed by atoms with Gasteiger partial charge in [-0.15, -0.1) is 0 Å². The van der Waals surface area contributed by atoms with Gasteiger partial charge in [-0.1, -0.05) is 0 Å². The van der Waals surface area contributed by atoms with Crippen molar-refractivity contribution in [2.24, 2.45) is 0 Å². The summed E-state index contributed by atoms with van der Waals surface area (Å²) in [6.07, 6.45) is 1.97. The molecule has 1 amide bonds. The first kappa shape index (κ1) is 13.9. The van der Waals surface area contributed by atoms with E-state index in [2.05, 4.69) is 30.1 Å². The van der Waals surface area contributed by atoms with Crippen LogP contribution < -0.4 is 5.32 Å². The summed E-state index contributed by atoms with van der Waals surface area (Å²) < 4.78 is 0. The highest BCUT2D eigenvalue weighted by molar-refractivity contribution is 5.75. The second-order valence-corrected chi connectivity index (χ2v) is 3.81. The Bertz CT molecular complexity index is 220. The van der Waals surface area contributed by atoms with Crippen molar-refractivity contribution in [3.63, 3.8) is 0 Å². The lowest BCUT2D eigenvalue weighted by Gasteiger charge is -2.25. The van der Waals surface area contributed by atoms with E-state index in [0.717, 1.165) is 19.5 Å². The van der Waals surface area contributed by atoms with Gasteiger partial charge in [0.05, 0.1) is 6.07 Å². The molecule has 86 valence electrons. The Balaban J connectivity index is 3.76. The van der Waals surface area contributed by atoms with Crippen molar-refractivity contribution >= 4 is 5.91 Å². The second-order valence-electron chi connectivity index (χ2n) is 3.81. The molecule has 0 aromatic rings. The van der Waals surface area contributed by atoms with Crippen LogP contribution >= 0.6 is 0 Å². The van der Waals surface area contributed by atoms with Gasteiger partial charge in [-0.2, -0.15) is 5.26 Å². The van der Waals surface area contributed by atoms with Crippen molar-refractivity contribution in [1.82, 2.24) is 10.2 Å². The lowest BCUT2D eigenvalue weighted by molar-refractivity contribution is -0.120. The van der Waals surface area contributed by atoms with Gasteiger partial charge in [0, 0.05) is 32.5 Å². The third-order valence-electron chi connectivity index (χ3n) is 2.37. The van der Waals surface area contributed by atoms with Crippen molar-refractivity contribution in [1.29, 1.82) is 5.26 Å². The van der Waals surface area contributed by atoms with E-state index in [0.29, 0.717) is 18.9 Å². The minimum absolute atomic E-state index is 0.0824. The maximum atomic E-state index is 11.0. The SMILES string of the molecule is CNC(=O)CCCN(CCC#N)C(C)C. The molecule has 1 N–H and O–H groups in total. The molecular weight excluding hydrogens is 190 g/mol. The number of rotatable bonds is 7. The van der Waals surface area contributed by atoms with E-state index in [1.807, 2.05) is 0 Å². The molecule has 0 rings (SSSR count). The molecule has 4 heteroatoms. The van der Waals surface area contributed by atoms with Crippen LogP contribution in [0.4, 0.5) is 0 Å². The molecule has 0 aromatic heterocycles. The topological polar surface area (TPSA) is 56.1 Å². The number of carbonyl (C=O) groups excluding carboxylic acids is 1. The molecule has 0 spiro atoms. The second kappa shape index (κ2) is 8.25. The molecule has 0 bridgehead atoms. The third-order valence-corrected chi connectivity index (χ3v) is 2.37. The predicted octanol–water partition coefficient (Wildman–Crippen LogP) is 1.14. The largest absolute Gasteiger partial charge is 0.359 e. The van der Waals surface area contributed by atoms with Gasteiger partial charge in [0.15, 0.2) is 0 Å². The normalized spacial score (nSPS) is 10.4. The fourth-order valence-electron chi connectivity index (χ4n) is 1.39. The van der Waals surface area contributed by atoms with Gasteiger partial charge in [-0.25, -0.2) is 0 Å². The average Bonchev–Trinajstić information content (AvgIpc) is 2.22. The highest BCUT2D eigenvalue weighted by atomic mass is 16.1. The van der Waals surface area contributed by atoms with Gasteiger partial charge in [-0.05, 0) is 26.8 Å². The van der Waals surface area contributed by atoms with Gasteiger partial charge < -0.3 is 5.32 Å². The monoisotopic (exact) mass is 211 g/mol. The fraction of sp³-hybridized carbons (Fsp3) is 0.818. The molecule has 0 saturated carbocycles. The van der Waals surface area contributed by atoms with Gasteiger partial charge in [0.2, 0.25) is 5.91 Å². The number of nitrogens with one attached hydrogen (secondary N) is 1. The molecule has 0 aromatic carbocycles. The predicted molar refractivity (Wildman–Crippen MR) is 60.2 cm³/mol. The number of hydrogen-bond acceptors (Lipinski definition) is 3. The van der Waals surface area contributed by atoms with Gasteiger partial charge in [0.1, 0.15) is 0 Å². The quantitative estimate of drug-likeness (QED) is 0.687. The molecule has 0 unspecified atom stereocenters. The highest BCUT2D eigenvalue weighted by Gasteiger charge is 2.09. The van der Waals surface area contributed by atoms with E-state index in [-0.39, 0.29) is 5.91 Å². The Morgan fingerprint density at radius 2 is 2.13 bits per heavy atom. The Morgan fingerprint density at radius 1 is 1.47 bits per heavy atom. The fourth-order valence-corrected chi connectivity index (χ4v) is 1.39. The van der Waals surface area contributed by atoms with E-state index in [1.165, 1.54) is 0 Å². The Kier molecular flexibility index (Phi) is 7.65. The van der Waals surface area contributed by atoms with Crippen molar-refractivity contribution in [3.8, 4) is 6.07 Å². The van der Waals surface area contributed by atoms with Gasteiger partial charge >= 0.3 is 0 Å². The van der Waals surface area contributed by atoms with Crippen LogP contribution in [0.15, 0.2) is 0 Å². The molecule has 0 aliphatic carbocycles. The summed E-state index contributed by atoms with van der Waals surface area (Å²) in [6, 6.07) is 2.58. The van der Waals surface area contributed by atoms with Crippen molar-refractivity contribution in [2.75, 3.05) is 20.1 Å². The van der Waals surface area contributed by atoms with E-state index >= 15 is 0 Å². The Morgan fingerprint density at radius 3 is 2.60 bits per heavy atom. The first-order chi connectivity index (χ1) is 7.11. The minimum atomic E-state index is 0.0824. The number of carbonyl (C=O) groups is 1. The third kappa shape index (κ3) is 6.92. The van der Waals surface area contributed by atoms with Crippen LogP contribution in [-0.2, 0) is 4.79 Å². The zero-order valence-corrected chi connectivity index (χ0v) is 9.92. The van der Waals surface area contributed by atoms with Gasteiger partial charge in [-0.3, -0.25) is 9.69 Å².